The zero-order chi connectivity index (χ0) is 12.6. The van der Waals surface area contributed by atoms with E-state index in [0.717, 1.165) is 12.3 Å². The molecule has 18 heavy (non-hydrogen) atoms. The van der Waals surface area contributed by atoms with Crippen molar-refractivity contribution >= 4 is 17.1 Å². The van der Waals surface area contributed by atoms with Gasteiger partial charge in [-0.3, -0.25) is 4.79 Å². The molecular weight excluding hydrogens is 240 g/mol. The van der Waals surface area contributed by atoms with Gasteiger partial charge in [-0.1, -0.05) is 50.7 Å². The lowest BCUT2D eigenvalue weighted by Gasteiger charge is -2.11. The van der Waals surface area contributed by atoms with E-state index in [1.165, 1.54) is 51.4 Å². The Hall–Kier alpha value is -0.630. The van der Waals surface area contributed by atoms with Crippen LogP contribution < -0.4 is 0 Å². The van der Waals surface area contributed by atoms with Gasteiger partial charge in [-0.25, -0.2) is 0 Å². The molecule has 0 spiro atoms. The van der Waals surface area contributed by atoms with Crippen LogP contribution in [-0.4, -0.2) is 5.78 Å². The van der Waals surface area contributed by atoms with Crippen molar-refractivity contribution in [3.63, 3.8) is 0 Å². The van der Waals surface area contributed by atoms with Crippen molar-refractivity contribution in [1.29, 1.82) is 0 Å². The van der Waals surface area contributed by atoms with Crippen molar-refractivity contribution in [2.75, 3.05) is 0 Å². The van der Waals surface area contributed by atoms with Gasteiger partial charge in [-0.15, -0.1) is 0 Å². The maximum absolute atomic E-state index is 11.8. The number of thiophene rings is 1. The van der Waals surface area contributed by atoms with E-state index in [1.54, 1.807) is 11.3 Å². The van der Waals surface area contributed by atoms with Crippen LogP contribution >= 0.6 is 11.3 Å². The third kappa shape index (κ3) is 4.56. The molecule has 2 heteroatoms. The molecule has 2 saturated carbocycles. The van der Waals surface area contributed by atoms with Gasteiger partial charge >= 0.3 is 0 Å². The van der Waals surface area contributed by atoms with Crippen molar-refractivity contribution in [2.24, 2.45) is 11.8 Å². The van der Waals surface area contributed by atoms with E-state index in [2.05, 4.69) is 0 Å². The van der Waals surface area contributed by atoms with Crippen molar-refractivity contribution in [3.05, 3.63) is 22.9 Å². The van der Waals surface area contributed by atoms with E-state index in [0.29, 0.717) is 11.7 Å². The van der Waals surface area contributed by atoms with E-state index in [9.17, 15) is 4.79 Å². The van der Waals surface area contributed by atoms with Crippen LogP contribution in [0.5, 0.6) is 0 Å². The molecule has 0 atom stereocenters. The zero-order valence-corrected chi connectivity index (χ0v) is 12.0. The Labute approximate surface area is 115 Å². The highest BCUT2D eigenvalue weighted by Crippen LogP contribution is 2.32. The van der Waals surface area contributed by atoms with E-state index in [-0.39, 0.29) is 0 Å². The molecule has 2 fully saturated rings. The molecule has 2 aliphatic rings. The number of ketones is 1. The van der Waals surface area contributed by atoms with Crippen LogP contribution in [0.2, 0.25) is 0 Å². The molecule has 0 amide bonds. The van der Waals surface area contributed by atoms with Crippen LogP contribution in [0.3, 0.4) is 0 Å². The molecule has 0 saturated heterocycles. The predicted octanol–water partition coefficient (Wildman–Crippen LogP) is 5.07. The second-order valence-corrected chi connectivity index (χ2v) is 6.41. The summed E-state index contributed by atoms with van der Waals surface area (Å²) in [5.74, 6) is 1.80. The molecule has 1 heterocycles. The van der Waals surface area contributed by atoms with Crippen LogP contribution in [0.15, 0.2) is 22.9 Å². The zero-order valence-electron chi connectivity index (χ0n) is 11.1. The van der Waals surface area contributed by atoms with Crippen LogP contribution in [0.4, 0.5) is 0 Å². The minimum absolute atomic E-state index is 0.459. The first-order chi connectivity index (χ1) is 8.86. The van der Waals surface area contributed by atoms with Crippen LogP contribution in [0.1, 0.15) is 57.8 Å². The van der Waals surface area contributed by atoms with Crippen molar-refractivity contribution in [1.82, 2.24) is 0 Å². The predicted molar refractivity (Wildman–Crippen MR) is 77.9 cm³/mol. The van der Waals surface area contributed by atoms with Gasteiger partial charge in [0.2, 0.25) is 0 Å². The highest BCUT2D eigenvalue weighted by Gasteiger charge is 2.26. The molecule has 1 aromatic heterocycles. The Bertz CT molecular complexity index is 302. The second kappa shape index (κ2) is 7.73. The first-order valence-electron chi connectivity index (χ1n) is 7.36. The largest absolute Gasteiger partial charge is 0.299 e. The van der Waals surface area contributed by atoms with Gasteiger partial charge in [0.15, 0.2) is 0 Å². The Balaban J connectivity index is 0.000000202. The monoisotopic (exact) mass is 264 g/mol. The average molecular weight is 264 g/mol. The van der Waals surface area contributed by atoms with Crippen LogP contribution in [0, 0.1) is 11.8 Å². The summed E-state index contributed by atoms with van der Waals surface area (Å²) >= 11 is 1.71. The molecule has 0 N–H and O–H groups in total. The summed E-state index contributed by atoms with van der Waals surface area (Å²) < 4.78 is 0. The van der Waals surface area contributed by atoms with Crippen molar-refractivity contribution in [3.8, 4) is 0 Å². The van der Waals surface area contributed by atoms with Gasteiger partial charge in [0, 0.05) is 12.3 Å². The lowest BCUT2D eigenvalue weighted by atomic mass is 9.92. The first-order valence-corrected chi connectivity index (χ1v) is 8.30. The molecule has 0 bridgehead atoms. The summed E-state index contributed by atoms with van der Waals surface area (Å²) in [7, 11) is 0. The molecule has 0 radical (unpaired) electrons. The molecule has 0 aliphatic heterocycles. The Morgan fingerprint density at radius 2 is 1.50 bits per heavy atom. The first kappa shape index (κ1) is 13.8. The SMILES string of the molecule is O=C(CC1CCCC1)C1CCCC1.c1ccsc1. The molecule has 3 rings (SSSR count). The molecule has 1 aromatic rings. The van der Waals surface area contributed by atoms with Gasteiger partial charge in [0.25, 0.3) is 0 Å². The molecular formula is C16H24OS. The van der Waals surface area contributed by atoms with Crippen molar-refractivity contribution < 1.29 is 4.79 Å². The second-order valence-electron chi connectivity index (χ2n) is 5.60. The molecule has 0 unspecified atom stereocenters. The number of carbonyl (C=O) groups excluding carboxylic acids is 1. The standard InChI is InChI=1S/C12H20O.C4H4S/c13-12(11-7-3-4-8-11)9-10-5-1-2-6-10;1-2-4-5-3-1/h10-11H,1-9H2;1-4H. The fourth-order valence-corrected chi connectivity index (χ4v) is 3.59. The Kier molecular flexibility index (Phi) is 5.92. The fraction of sp³-hybridized carbons (Fsp3) is 0.688. The minimum atomic E-state index is 0.459. The minimum Gasteiger partial charge on any atom is -0.299 e. The quantitative estimate of drug-likeness (QED) is 0.744. The van der Waals surface area contributed by atoms with E-state index >= 15 is 0 Å². The third-order valence-electron chi connectivity index (χ3n) is 4.20. The number of Topliss-reactive ketones (excluding diaryl/α,β-unsaturated/α-hetero) is 1. The lowest BCUT2D eigenvalue weighted by molar-refractivity contribution is -0.123. The maximum atomic E-state index is 11.8. The topological polar surface area (TPSA) is 17.1 Å². The Morgan fingerprint density at radius 1 is 0.944 bits per heavy atom. The van der Waals surface area contributed by atoms with Crippen molar-refractivity contribution in [2.45, 2.75) is 57.8 Å². The highest BCUT2D eigenvalue weighted by molar-refractivity contribution is 7.07. The van der Waals surface area contributed by atoms with Gasteiger partial charge in [0.1, 0.15) is 5.78 Å². The number of hydrogen-bond donors (Lipinski definition) is 0. The third-order valence-corrected chi connectivity index (χ3v) is 4.83. The number of carbonyl (C=O) groups is 1. The van der Waals surface area contributed by atoms with Gasteiger partial charge in [-0.05, 0) is 29.5 Å². The molecule has 1 nitrogen and oxygen atoms in total. The van der Waals surface area contributed by atoms with E-state index in [1.807, 2.05) is 22.9 Å². The summed E-state index contributed by atoms with van der Waals surface area (Å²) in [6, 6.07) is 4.04. The van der Waals surface area contributed by atoms with Gasteiger partial charge in [0.05, 0.1) is 0 Å². The number of hydrogen-bond acceptors (Lipinski definition) is 2. The van der Waals surface area contributed by atoms with E-state index < -0.39 is 0 Å². The average Bonchev–Trinajstić information content (AvgIpc) is 3.15. The summed E-state index contributed by atoms with van der Waals surface area (Å²) in [5.41, 5.74) is 0. The van der Waals surface area contributed by atoms with Gasteiger partial charge in [-0.2, -0.15) is 11.3 Å². The summed E-state index contributed by atoms with van der Waals surface area (Å²) in [4.78, 5) is 11.8. The van der Waals surface area contributed by atoms with Crippen LogP contribution in [-0.2, 0) is 4.79 Å². The smallest absolute Gasteiger partial charge is 0.136 e. The normalized spacial score (nSPS) is 20.7. The molecule has 2 aliphatic carbocycles. The lowest BCUT2D eigenvalue weighted by Crippen LogP contribution is -2.14. The summed E-state index contributed by atoms with van der Waals surface area (Å²) in [5, 5.41) is 4.08. The molecule has 0 aromatic carbocycles. The summed E-state index contributed by atoms with van der Waals surface area (Å²) in [6.07, 6.45) is 11.2. The maximum Gasteiger partial charge on any atom is 0.136 e. The Morgan fingerprint density at radius 3 is 2.00 bits per heavy atom. The highest BCUT2D eigenvalue weighted by atomic mass is 32.1. The summed E-state index contributed by atoms with van der Waals surface area (Å²) in [6.45, 7) is 0. The van der Waals surface area contributed by atoms with E-state index in [4.69, 9.17) is 0 Å². The van der Waals surface area contributed by atoms with Crippen LogP contribution in [0.25, 0.3) is 0 Å². The molecule has 100 valence electrons. The van der Waals surface area contributed by atoms with Gasteiger partial charge < -0.3 is 0 Å². The fourth-order valence-electron chi connectivity index (χ4n) is 3.14. The number of rotatable bonds is 3.